The summed E-state index contributed by atoms with van der Waals surface area (Å²) >= 11 is 36.3. The molecule has 0 N–H and O–H groups in total. The smallest absolute Gasteiger partial charge is 0.0781 e. The van der Waals surface area contributed by atoms with Gasteiger partial charge in [-0.1, -0.05) is 81.7 Å². The van der Waals surface area contributed by atoms with Gasteiger partial charge in [-0.05, 0) is 48.9 Å². The highest BCUT2D eigenvalue weighted by atomic mass is 35.5. The molecule has 0 aliphatic carbocycles. The standard InChI is InChI=1S/C18H16Cl6O/c19-13-7-5-11(15(21)17(13)23)3-1-9-25-10-2-4-12-6-8-14(20)18(24)16(12)22/h5-8H,1-4,9-10H2. The summed E-state index contributed by atoms with van der Waals surface area (Å²) in [6.45, 7) is 1.29. The topological polar surface area (TPSA) is 9.23 Å². The number of halogens is 6. The molecule has 0 saturated heterocycles. The minimum Gasteiger partial charge on any atom is -0.381 e. The van der Waals surface area contributed by atoms with Crippen molar-refractivity contribution in [2.45, 2.75) is 25.7 Å². The highest BCUT2D eigenvalue weighted by molar-refractivity contribution is 6.48. The van der Waals surface area contributed by atoms with Gasteiger partial charge in [-0.15, -0.1) is 0 Å². The summed E-state index contributed by atoms with van der Waals surface area (Å²) in [5.41, 5.74) is 1.95. The van der Waals surface area contributed by atoms with Crippen LogP contribution in [-0.4, -0.2) is 13.2 Å². The molecule has 0 saturated carbocycles. The van der Waals surface area contributed by atoms with Crippen LogP contribution >= 0.6 is 69.6 Å². The molecule has 0 aliphatic heterocycles. The fourth-order valence-electron chi connectivity index (χ4n) is 2.35. The van der Waals surface area contributed by atoms with Crippen molar-refractivity contribution < 1.29 is 4.74 Å². The first-order valence-electron chi connectivity index (χ1n) is 7.74. The van der Waals surface area contributed by atoms with E-state index in [1.807, 2.05) is 12.1 Å². The van der Waals surface area contributed by atoms with Crippen LogP contribution in [0.25, 0.3) is 0 Å². The number of hydrogen-bond acceptors (Lipinski definition) is 1. The van der Waals surface area contributed by atoms with E-state index in [0.717, 1.165) is 36.8 Å². The average Bonchev–Trinajstić information content (AvgIpc) is 2.60. The largest absolute Gasteiger partial charge is 0.381 e. The number of ether oxygens (including phenoxy) is 1. The van der Waals surface area contributed by atoms with Crippen LogP contribution in [0.5, 0.6) is 0 Å². The number of benzene rings is 2. The third kappa shape index (κ3) is 6.07. The molecule has 0 unspecified atom stereocenters. The van der Waals surface area contributed by atoms with Crippen LogP contribution in [-0.2, 0) is 17.6 Å². The van der Waals surface area contributed by atoms with Crippen LogP contribution < -0.4 is 0 Å². The molecule has 1 nitrogen and oxygen atoms in total. The van der Waals surface area contributed by atoms with Crippen LogP contribution in [0.2, 0.25) is 30.1 Å². The van der Waals surface area contributed by atoms with Gasteiger partial charge in [0, 0.05) is 13.2 Å². The molecule has 0 atom stereocenters. The molecule has 0 spiro atoms. The van der Waals surface area contributed by atoms with E-state index < -0.39 is 0 Å². The molecule has 0 radical (unpaired) electrons. The van der Waals surface area contributed by atoms with Gasteiger partial charge in [0.15, 0.2) is 0 Å². The first kappa shape index (κ1) is 21.4. The SMILES string of the molecule is Clc1ccc(CCCOCCCc2ccc(Cl)c(Cl)c2Cl)c(Cl)c1Cl. The lowest BCUT2D eigenvalue weighted by molar-refractivity contribution is 0.130. The number of aryl methyl sites for hydroxylation is 2. The third-order valence-corrected chi connectivity index (χ3v) is 6.37. The van der Waals surface area contributed by atoms with Crippen molar-refractivity contribution in [3.8, 4) is 0 Å². The predicted molar refractivity (Wildman–Crippen MR) is 110 cm³/mol. The fraction of sp³-hybridized carbons (Fsp3) is 0.333. The molecule has 0 aromatic heterocycles. The van der Waals surface area contributed by atoms with Gasteiger partial charge in [-0.25, -0.2) is 0 Å². The molecule has 7 heteroatoms. The van der Waals surface area contributed by atoms with Crippen molar-refractivity contribution in [1.29, 1.82) is 0 Å². The zero-order chi connectivity index (χ0) is 18.4. The highest BCUT2D eigenvalue weighted by Crippen LogP contribution is 2.34. The Morgan fingerprint density at radius 3 is 1.36 bits per heavy atom. The molecular formula is C18H16Cl6O. The zero-order valence-electron chi connectivity index (χ0n) is 13.2. The molecule has 0 aliphatic rings. The monoisotopic (exact) mass is 458 g/mol. The molecular weight excluding hydrogens is 445 g/mol. The minimum absolute atomic E-state index is 0.403. The molecule has 25 heavy (non-hydrogen) atoms. The van der Waals surface area contributed by atoms with Gasteiger partial charge < -0.3 is 4.74 Å². The molecule has 0 bridgehead atoms. The first-order chi connectivity index (χ1) is 11.9. The molecule has 2 aromatic carbocycles. The maximum absolute atomic E-state index is 6.18. The van der Waals surface area contributed by atoms with Gasteiger partial charge in [0.1, 0.15) is 0 Å². The molecule has 2 rings (SSSR count). The van der Waals surface area contributed by atoms with Crippen LogP contribution in [0.4, 0.5) is 0 Å². The Hall–Kier alpha value is 0.140. The second kappa shape index (κ2) is 10.5. The summed E-state index contributed by atoms with van der Waals surface area (Å²) in [6.07, 6.45) is 3.28. The summed E-state index contributed by atoms with van der Waals surface area (Å²) in [6, 6.07) is 7.30. The maximum atomic E-state index is 6.18. The van der Waals surface area contributed by atoms with Crippen molar-refractivity contribution in [2.75, 3.05) is 13.2 Å². The van der Waals surface area contributed by atoms with Crippen LogP contribution in [0, 0.1) is 0 Å². The van der Waals surface area contributed by atoms with Gasteiger partial charge in [0.05, 0.1) is 30.1 Å². The second-order valence-electron chi connectivity index (χ2n) is 5.49. The molecule has 0 heterocycles. The quantitative estimate of drug-likeness (QED) is 0.285. The van der Waals surface area contributed by atoms with Crippen molar-refractivity contribution in [3.05, 3.63) is 65.5 Å². The highest BCUT2D eigenvalue weighted by Gasteiger charge is 2.09. The summed E-state index contributed by atoms with van der Waals surface area (Å²) in [5.74, 6) is 0. The maximum Gasteiger partial charge on any atom is 0.0781 e. The lowest BCUT2D eigenvalue weighted by atomic mass is 10.1. The van der Waals surface area contributed by atoms with Crippen molar-refractivity contribution in [2.24, 2.45) is 0 Å². The van der Waals surface area contributed by atoms with E-state index in [-0.39, 0.29) is 0 Å². The third-order valence-electron chi connectivity index (χ3n) is 3.70. The van der Waals surface area contributed by atoms with Gasteiger partial charge >= 0.3 is 0 Å². The fourth-order valence-corrected chi connectivity index (χ4v) is 3.65. The van der Waals surface area contributed by atoms with Gasteiger partial charge in [0.2, 0.25) is 0 Å². The van der Waals surface area contributed by atoms with Gasteiger partial charge in [0.25, 0.3) is 0 Å². The Balaban J connectivity index is 1.68. The average molecular weight is 461 g/mol. The van der Waals surface area contributed by atoms with Gasteiger partial charge in [-0.3, -0.25) is 0 Å². The summed E-state index contributed by atoms with van der Waals surface area (Å²) < 4.78 is 5.66. The van der Waals surface area contributed by atoms with E-state index in [4.69, 9.17) is 74.3 Å². The van der Waals surface area contributed by atoms with Crippen molar-refractivity contribution in [3.63, 3.8) is 0 Å². The molecule has 0 amide bonds. The molecule has 2 aromatic rings. The predicted octanol–water partition coefficient (Wildman–Crippen LogP) is 8.19. The van der Waals surface area contributed by atoms with E-state index in [9.17, 15) is 0 Å². The van der Waals surface area contributed by atoms with Gasteiger partial charge in [-0.2, -0.15) is 0 Å². The Labute approximate surface area is 178 Å². The van der Waals surface area contributed by atoms with Crippen molar-refractivity contribution >= 4 is 69.6 Å². The number of rotatable bonds is 8. The second-order valence-corrected chi connectivity index (χ2v) is 7.81. The summed E-state index contributed by atoms with van der Waals surface area (Å²) in [5, 5.41) is 2.77. The summed E-state index contributed by atoms with van der Waals surface area (Å²) in [7, 11) is 0. The van der Waals surface area contributed by atoms with E-state index in [0.29, 0.717) is 43.3 Å². The lowest BCUT2D eigenvalue weighted by Crippen LogP contribution is -2.01. The Morgan fingerprint density at radius 1 is 0.560 bits per heavy atom. The Morgan fingerprint density at radius 2 is 0.960 bits per heavy atom. The molecule has 136 valence electrons. The van der Waals surface area contributed by atoms with Crippen LogP contribution in [0.15, 0.2) is 24.3 Å². The Bertz CT molecular complexity index is 670. The zero-order valence-corrected chi connectivity index (χ0v) is 17.8. The Kier molecular flexibility index (Phi) is 8.98. The summed E-state index contributed by atoms with van der Waals surface area (Å²) in [4.78, 5) is 0. The first-order valence-corrected chi connectivity index (χ1v) is 10.0. The van der Waals surface area contributed by atoms with Crippen molar-refractivity contribution in [1.82, 2.24) is 0 Å². The van der Waals surface area contributed by atoms with Crippen LogP contribution in [0.3, 0.4) is 0 Å². The van der Waals surface area contributed by atoms with E-state index in [1.54, 1.807) is 12.1 Å². The van der Waals surface area contributed by atoms with Crippen LogP contribution in [0.1, 0.15) is 24.0 Å². The van der Waals surface area contributed by atoms with E-state index >= 15 is 0 Å². The normalized spacial score (nSPS) is 11.1. The molecule has 0 fully saturated rings. The van der Waals surface area contributed by atoms with E-state index in [1.165, 1.54) is 0 Å². The van der Waals surface area contributed by atoms with E-state index in [2.05, 4.69) is 0 Å². The lowest BCUT2D eigenvalue weighted by Gasteiger charge is -2.09. The number of hydrogen-bond donors (Lipinski definition) is 0. The minimum atomic E-state index is 0.403.